The molecule has 0 fully saturated rings. The van der Waals surface area contributed by atoms with Crippen LogP contribution in [-0.2, 0) is 11.3 Å². The van der Waals surface area contributed by atoms with Gasteiger partial charge in [-0.1, -0.05) is 31.7 Å². The number of aliphatic hydroxyl groups is 1. The quantitative estimate of drug-likeness (QED) is 0.621. The number of hydrogen-bond acceptors (Lipinski definition) is 5. The molecule has 0 aliphatic carbocycles. The largest absolute Gasteiger partial charge is 0.457 e. The zero-order chi connectivity index (χ0) is 14.6. The second-order valence-electron chi connectivity index (χ2n) is 5.08. The first-order chi connectivity index (χ1) is 8.79. The number of ether oxygens (including phenoxy) is 1. The Morgan fingerprint density at radius 2 is 2.26 bits per heavy atom. The molecule has 1 rings (SSSR count). The summed E-state index contributed by atoms with van der Waals surface area (Å²) in [5.74, 6) is -0.472. The lowest BCUT2D eigenvalue weighted by molar-refractivity contribution is -0.00665. The molecule has 0 saturated heterocycles. The molecule has 19 heavy (non-hydrogen) atoms. The maximum atomic E-state index is 11.7. The molecule has 0 radical (unpaired) electrons. The van der Waals surface area contributed by atoms with Crippen LogP contribution < -0.4 is 0 Å². The fourth-order valence-electron chi connectivity index (χ4n) is 1.39. The van der Waals surface area contributed by atoms with Crippen LogP contribution in [0.5, 0.6) is 0 Å². The van der Waals surface area contributed by atoms with Gasteiger partial charge in [-0.15, -0.1) is 5.10 Å². The van der Waals surface area contributed by atoms with Gasteiger partial charge in [0.2, 0.25) is 0 Å². The predicted molar refractivity (Wildman–Crippen MR) is 70.7 cm³/mol. The lowest BCUT2D eigenvalue weighted by Crippen LogP contribution is -2.37. The van der Waals surface area contributed by atoms with E-state index in [2.05, 4.69) is 16.9 Å². The number of nitrogens with zero attached hydrogens (tertiary/aromatic N) is 3. The van der Waals surface area contributed by atoms with Crippen molar-refractivity contribution in [1.29, 1.82) is 0 Å². The highest BCUT2D eigenvalue weighted by atomic mass is 16.5. The molecule has 0 saturated carbocycles. The molecule has 0 spiro atoms. The van der Waals surface area contributed by atoms with Crippen LogP contribution in [0.4, 0.5) is 0 Å². The van der Waals surface area contributed by atoms with Crippen molar-refractivity contribution in [3.8, 4) is 0 Å². The van der Waals surface area contributed by atoms with E-state index in [1.165, 1.54) is 10.8 Å². The van der Waals surface area contributed by atoms with Crippen LogP contribution in [0.3, 0.4) is 0 Å². The highest BCUT2D eigenvalue weighted by Crippen LogP contribution is 2.19. The molecule has 0 aromatic carbocycles. The fraction of sp³-hybridized carbons (Fsp3) is 0.615. The first kappa shape index (κ1) is 15.4. The van der Waals surface area contributed by atoms with E-state index in [1.807, 2.05) is 13.8 Å². The maximum Gasteiger partial charge on any atom is 0.361 e. The minimum absolute atomic E-state index is 0.0623. The monoisotopic (exact) mass is 267 g/mol. The Kier molecular flexibility index (Phi) is 4.83. The molecule has 6 heteroatoms. The number of carbonyl (C=O) groups excluding carboxylic acids is 1. The molecular weight excluding hydrogens is 246 g/mol. The Hall–Kier alpha value is -1.69. The van der Waals surface area contributed by atoms with E-state index in [4.69, 9.17) is 4.74 Å². The van der Waals surface area contributed by atoms with Crippen LogP contribution in [0.15, 0.2) is 12.7 Å². The predicted octanol–water partition coefficient (Wildman–Crippen LogP) is 1.34. The zero-order valence-electron chi connectivity index (χ0n) is 11.9. The van der Waals surface area contributed by atoms with E-state index in [-0.39, 0.29) is 24.8 Å². The minimum atomic E-state index is -0.916. The van der Waals surface area contributed by atoms with Crippen molar-refractivity contribution in [3.05, 3.63) is 24.0 Å². The van der Waals surface area contributed by atoms with Crippen LogP contribution in [0.25, 0.3) is 0 Å². The molecule has 1 atom stereocenters. The topological polar surface area (TPSA) is 77.2 Å². The summed E-state index contributed by atoms with van der Waals surface area (Å²) in [6, 6.07) is 0. The van der Waals surface area contributed by atoms with E-state index in [0.717, 1.165) is 0 Å². The lowest BCUT2D eigenvalue weighted by atomic mass is 9.92. The van der Waals surface area contributed by atoms with Gasteiger partial charge >= 0.3 is 5.97 Å². The highest BCUT2D eigenvalue weighted by molar-refractivity contribution is 5.88. The summed E-state index contributed by atoms with van der Waals surface area (Å²) in [4.78, 5) is 11.7. The van der Waals surface area contributed by atoms with Gasteiger partial charge in [-0.3, -0.25) is 0 Å². The summed E-state index contributed by atoms with van der Waals surface area (Å²) < 4.78 is 6.43. The van der Waals surface area contributed by atoms with Gasteiger partial charge in [0.15, 0.2) is 5.69 Å². The molecule has 6 nitrogen and oxygen atoms in total. The van der Waals surface area contributed by atoms with Crippen LogP contribution in [-0.4, -0.2) is 38.3 Å². The number of hydrogen-bond donors (Lipinski definition) is 1. The number of carbonyl (C=O) groups is 1. The molecule has 1 unspecified atom stereocenters. The Bertz CT molecular complexity index is 464. The van der Waals surface area contributed by atoms with Gasteiger partial charge in [0.05, 0.1) is 17.8 Å². The first-order valence-corrected chi connectivity index (χ1v) is 6.20. The minimum Gasteiger partial charge on any atom is -0.457 e. The third-order valence-electron chi connectivity index (χ3n) is 3.22. The van der Waals surface area contributed by atoms with Crippen molar-refractivity contribution in [1.82, 2.24) is 15.0 Å². The van der Waals surface area contributed by atoms with E-state index < -0.39 is 11.6 Å². The number of aromatic nitrogens is 3. The summed E-state index contributed by atoms with van der Waals surface area (Å²) in [6.45, 7) is 11.2. The average Bonchev–Trinajstić information content (AvgIpc) is 2.67. The van der Waals surface area contributed by atoms with Crippen molar-refractivity contribution in [2.45, 2.75) is 39.8 Å². The Morgan fingerprint density at radius 3 is 2.79 bits per heavy atom. The maximum absolute atomic E-state index is 11.7. The normalized spacial score (nSPS) is 14.2. The van der Waals surface area contributed by atoms with Gasteiger partial charge in [-0.05, 0) is 19.8 Å². The van der Waals surface area contributed by atoms with Gasteiger partial charge in [0, 0.05) is 0 Å². The van der Waals surface area contributed by atoms with Crippen molar-refractivity contribution in [2.75, 3.05) is 6.61 Å². The van der Waals surface area contributed by atoms with Gasteiger partial charge in [0.25, 0.3) is 0 Å². The smallest absolute Gasteiger partial charge is 0.361 e. The summed E-state index contributed by atoms with van der Waals surface area (Å²) >= 11 is 0. The third kappa shape index (κ3) is 3.64. The van der Waals surface area contributed by atoms with Crippen molar-refractivity contribution in [3.63, 3.8) is 0 Å². The molecular formula is C13H21N3O3. The van der Waals surface area contributed by atoms with Crippen LogP contribution in [0.1, 0.15) is 37.0 Å². The van der Waals surface area contributed by atoms with Gasteiger partial charge < -0.3 is 9.84 Å². The summed E-state index contributed by atoms with van der Waals surface area (Å²) in [5, 5.41) is 17.9. The van der Waals surface area contributed by atoms with E-state index in [0.29, 0.717) is 5.69 Å². The first-order valence-electron chi connectivity index (χ1n) is 6.20. The van der Waals surface area contributed by atoms with Crippen molar-refractivity contribution < 1.29 is 14.6 Å². The molecule has 1 heterocycles. The highest BCUT2D eigenvalue weighted by Gasteiger charge is 2.28. The Balaban J connectivity index is 2.87. The third-order valence-corrected chi connectivity index (χ3v) is 3.22. The second-order valence-corrected chi connectivity index (χ2v) is 5.08. The van der Waals surface area contributed by atoms with Crippen LogP contribution in [0, 0.1) is 12.8 Å². The van der Waals surface area contributed by atoms with Crippen LogP contribution in [0.2, 0.25) is 0 Å². The molecule has 106 valence electrons. The molecule has 1 N–H and O–H groups in total. The molecule has 1 aromatic rings. The van der Waals surface area contributed by atoms with Crippen molar-refractivity contribution >= 4 is 5.97 Å². The van der Waals surface area contributed by atoms with Crippen LogP contribution >= 0.6 is 0 Å². The number of esters is 1. The lowest BCUT2D eigenvalue weighted by Gasteiger charge is -2.27. The average molecular weight is 267 g/mol. The number of rotatable bonds is 6. The molecule has 0 bridgehead atoms. The standard InChI is InChI=1S/C13H21N3O3/c1-6-7-19-12(17)11-10(4)16(15-14-11)8-13(5,18)9(2)3/h6,9,18H,1,7-8H2,2-5H3. The molecule has 0 aliphatic heterocycles. The summed E-state index contributed by atoms with van der Waals surface area (Å²) in [5.41, 5.74) is -0.169. The Labute approximate surface area is 113 Å². The van der Waals surface area contributed by atoms with E-state index in [1.54, 1.807) is 13.8 Å². The van der Waals surface area contributed by atoms with E-state index >= 15 is 0 Å². The Morgan fingerprint density at radius 1 is 1.63 bits per heavy atom. The second kappa shape index (κ2) is 5.97. The van der Waals surface area contributed by atoms with Gasteiger partial charge in [0.1, 0.15) is 6.61 Å². The molecule has 0 amide bonds. The van der Waals surface area contributed by atoms with Gasteiger partial charge in [-0.25, -0.2) is 9.48 Å². The molecule has 1 aromatic heterocycles. The van der Waals surface area contributed by atoms with E-state index in [9.17, 15) is 9.90 Å². The van der Waals surface area contributed by atoms with Gasteiger partial charge in [-0.2, -0.15) is 0 Å². The van der Waals surface area contributed by atoms with Crippen molar-refractivity contribution in [2.24, 2.45) is 5.92 Å². The SMILES string of the molecule is C=CCOC(=O)c1nnn(CC(C)(O)C(C)C)c1C. The molecule has 0 aliphatic rings. The summed E-state index contributed by atoms with van der Waals surface area (Å²) in [6.07, 6.45) is 1.49. The fourth-order valence-corrected chi connectivity index (χ4v) is 1.39. The zero-order valence-corrected chi connectivity index (χ0v) is 11.9. The summed E-state index contributed by atoms with van der Waals surface area (Å²) in [7, 11) is 0.